The number of aliphatic hydroxyl groups is 1. The molecule has 7 atom stereocenters. The monoisotopic (exact) mass is 671 g/mol. The van der Waals surface area contributed by atoms with E-state index >= 15 is 0 Å². The molecule has 1 spiro atoms. The van der Waals surface area contributed by atoms with Gasteiger partial charge in [0.05, 0.1) is 37.1 Å². The number of fused-ring (bicyclic) bond motifs is 1. The number of amides is 3. The Morgan fingerprint density at radius 2 is 1.78 bits per heavy atom. The summed E-state index contributed by atoms with van der Waals surface area (Å²) < 4.78 is 12.8. The third-order valence-corrected chi connectivity index (χ3v) is 10.0. The van der Waals surface area contributed by atoms with Crippen LogP contribution in [0.5, 0.6) is 0 Å². The number of nitrogens with one attached hydrogen (secondary N) is 1. The highest BCUT2D eigenvalue weighted by molar-refractivity contribution is 5.98. The number of rotatable bonds is 15. The third kappa shape index (κ3) is 7.21. The molecule has 3 saturated heterocycles. The van der Waals surface area contributed by atoms with Gasteiger partial charge < -0.3 is 29.7 Å². The summed E-state index contributed by atoms with van der Waals surface area (Å²) >= 11 is 0. The standard InChI is InChI=1S/C39H49N3O7/c1-6-8-19-31(44)40-24-30(27-17-13-10-14-18-27)48-37(47)32-29-20-21-39(49-29)33(32)35(45)42(28(25-43)23-26-15-11-9-12-16-26)34(39)36(46)41(22-7-2)38(3,4)5/h6-7,9-18,28-30,32-34,43H,1-2,8,19-25H2,3-5H3,(H,40,44)/t28-,29-,30-,32+,33+,34-,39+/m1/s1. The number of benzene rings is 2. The molecule has 0 aliphatic carbocycles. The highest BCUT2D eigenvalue weighted by Gasteiger charge is 2.76. The zero-order valence-corrected chi connectivity index (χ0v) is 28.8. The molecule has 10 nitrogen and oxygen atoms in total. The number of aliphatic hydroxyl groups excluding tert-OH is 1. The molecular formula is C39H49N3O7. The van der Waals surface area contributed by atoms with E-state index in [2.05, 4.69) is 18.5 Å². The molecule has 49 heavy (non-hydrogen) atoms. The SMILES string of the molecule is C=CCCC(=O)NC[C@@H](OC(=O)[C@@H]1[C@H]2C(=O)N([C@@H](CO)Cc3ccccc3)[C@H](C(=O)N(CC=C)C(C)(C)C)[C@]23CC[C@H]1O3)c1ccccc1. The summed E-state index contributed by atoms with van der Waals surface area (Å²) in [6.07, 6.45) is 3.84. The number of ether oxygens (including phenoxy) is 2. The van der Waals surface area contributed by atoms with Crippen LogP contribution in [-0.2, 0) is 35.1 Å². The Bertz CT molecular complexity index is 1520. The van der Waals surface area contributed by atoms with Crippen molar-refractivity contribution in [3.63, 3.8) is 0 Å². The second kappa shape index (κ2) is 15.1. The number of hydrogen-bond donors (Lipinski definition) is 2. The number of nitrogens with zero attached hydrogens (tertiary/aromatic N) is 2. The lowest BCUT2D eigenvalue weighted by atomic mass is 9.70. The zero-order valence-electron chi connectivity index (χ0n) is 28.8. The lowest BCUT2D eigenvalue weighted by molar-refractivity contribution is -0.161. The van der Waals surface area contributed by atoms with E-state index in [0.717, 1.165) is 5.56 Å². The van der Waals surface area contributed by atoms with Crippen LogP contribution in [0.2, 0.25) is 0 Å². The van der Waals surface area contributed by atoms with Crippen molar-refractivity contribution >= 4 is 23.7 Å². The van der Waals surface area contributed by atoms with Crippen molar-refractivity contribution in [2.75, 3.05) is 19.7 Å². The molecular weight excluding hydrogens is 622 g/mol. The summed E-state index contributed by atoms with van der Waals surface area (Å²) in [5.41, 5.74) is -0.301. The lowest BCUT2D eigenvalue weighted by Crippen LogP contribution is -2.61. The fourth-order valence-corrected chi connectivity index (χ4v) is 7.78. The van der Waals surface area contributed by atoms with E-state index in [4.69, 9.17) is 9.47 Å². The predicted molar refractivity (Wildman–Crippen MR) is 185 cm³/mol. The maximum atomic E-state index is 14.8. The molecule has 3 aliphatic rings. The number of esters is 1. The summed E-state index contributed by atoms with van der Waals surface area (Å²) in [6, 6.07) is 16.8. The van der Waals surface area contributed by atoms with Crippen molar-refractivity contribution in [3.05, 3.63) is 97.1 Å². The fraction of sp³-hybridized carbons (Fsp3) is 0.487. The smallest absolute Gasteiger partial charge is 0.313 e. The zero-order chi connectivity index (χ0) is 35.3. The van der Waals surface area contributed by atoms with E-state index in [-0.39, 0.29) is 37.9 Å². The van der Waals surface area contributed by atoms with Gasteiger partial charge in [-0.2, -0.15) is 0 Å². The Hall–Kier alpha value is -4.28. The summed E-state index contributed by atoms with van der Waals surface area (Å²) in [5, 5.41) is 13.6. The molecule has 262 valence electrons. The molecule has 2 aromatic rings. The van der Waals surface area contributed by atoms with Gasteiger partial charge >= 0.3 is 5.97 Å². The number of carbonyl (C=O) groups is 4. The predicted octanol–water partition coefficient (Wildman–Crippen LogP) is 4.14. The fourth-order valence-electron chi connectivity index (χ4n) is 7.78. The first-order valence-corrected chi connectivity index (χ1v) is 17.2. The van der Waals surface area contributed by atoms with Crippen molar-refractivity contribution in [3.8, 4) is 0 Å². The molecule has 3 aliphatic heterocycles. The Balaban J connectivity index is 1.50. The van der Waals surface area contributed by atoms with Gasteiger partial charge in [0, 0.05) is 18.5 Å². The normalized spacial score (nSPS) is 25.3. The van der Waals surface area contributed by atoms with Gasteiger partial charge in [0.15, 0.2) is 0 Å². The van der Waals surface area contributed by atoms with Crippen molar-refractivity contribution in [1.82, 2.24) is 15.1 Å². The van der Waals surface area contributed by atoms with Gasteiger partial charge in [-0.25, -0.2) is 0 Å². The van der Waals surface area contributed by atoms with Crippen LogP contribution >= 0.6 is 0 Å². The Kier molecular flexibility index (Phi) is 11.1. The number of allylic oxidation sites excluding steroid dienone is 1. The highest BCUT2D eigenvalue weighted by atomic mass is 16.6. The molecule has 2 N–H and O–H groups in total. The van der Waals surface area contributed by atoms with E-state index in [1.165, 1.54) is 4.90 Å². The Labute approximate surface area is 289 Å². The maximum absolute atomic E-state index is 14.8. The van der Waals surface area contributed by atoms with E-state index < -0.39 is 59.1 Å². The summed E-state index contributed by atoms with van der Waals surface area (Å²) in [7, 11) is 0. The third-order valence-electron chi connectivity index (χ3n) is 10.0. The van der Waals surface area contributed by atoms with Gasteiger partial charge in [-0.05, 0) is 57.6 Å². The molecule has 3 amide bonds. The van der Waals surface area contributed by atoms with Crippen molar-refractivity contribution in [2.24, 2.45) is 11.8 Å². The molecule has 10 heteroatoms. The lowest BCUT2D eigenvalue weighted by Gasteiger charge is -2.43. The van der Waals surface area contributed by atoms with Crippen LogP contribution in [0.3, 0.4) is 0 Å². The first kappa shape index (κ1) is 36.0. The van der Waals surface area contributed by atoms with E-state index in [9.17, 15) is 24.3 Å². The molecule has 0 unspecified atom stereocenters. The second-order valence-electron chi connectivity index (χ2n) is 14.2. The minimum Gasteiger partial charge on any atom is -0.455 e. The maximum Gasteiger partial charge on any atom is 0.313 e. The average molecular weight is 672 g/mol. The summed E-state index contributed by atoms with van der Waals surface area (Å²) in [5.74, 6) is -3.48. The molecule has 3 heterocycles. The summed E-state index contributed by atoms with van der Waals surface area (Å²) in [6.45, 7) is 13.2. The first-order valence-electron chi connectivity index (χ1n) is 17.2. The molecule has 2 bridgehead atoms. The number of likely N-dealkylation sites (tertiary alicyclic amines) is 1. The van der Waals surface area contributed by atoms with E-state index in [1.54, 1.807) is 17.1 Å². The van der Waals surface area contributed by atoms with Gasteiger partial charge in [-0.1, -0.05) is 72.8 Å². The average Bonchev–Trinajstić information content (AvgIpc) is 3.74. The van der Waals surface area contributed by atoms with Crippen LogP contribution in [0, 0.1) is 11.8 Å². The number of carbonyl (C=O) groups excluding carboxylic acids is 4. The molecule has 0 aromatic heterocycles. The number of hydrogen-bond acceptors (Lipinski definition) is 7. The van der Waals surface area contributed by atoms with Gasteiger partial charge in [-0.15, -0.1) is 13.2 Å². The van der Waals surface area contributed by atoms with Gasteiger partial charge in [0.1, 0.15) is 17.7 Å². The Morgan fingerprint density at radius 3 is 2.39 bits per heavy atom. The van der Waals surface area contributed by atoms with Crippen LogP contribution in [0.15, 0.2) is 86.0 Å². The molecule has 2 aromatic carbocycles. The molecule has 3 fully saturated rings. The minimum absolute atomic E-state index is 0.0483. The molecule has 0 saturated carbocycles. The van der Waals surface area contributed by atoms with E-state index in [0.29, 0.717) is 31.2 Å². The topological polar surface area (TPSA) is 125 Å². The first-order chi connectivity index (χ1) is 23.5. The van der Waals surface area contributed by atoms with Crippen molar-refractivity contribution in [1.29, 1.82) is 0 Å². The Morgan fingerprint density at radius 1 is 1.10 bits per heavy atom. The largest absolute Gasteiger partial charge is 0.455 e. The van der Waals surface area contributed by atoms with E-state index in [1.807, 2.05) is 81.4 Å². The van der Waals surface area contributed by atoms with Gasteiger partial charge in [-0.3, -0.25) is 19.2 Å². The second-order valence-corrected chi connectivity index (χ2v) is 14.2. The van der Waals surface area contributed by atoms with Crippen LogP contribution in [-0.4, -0.2) is 87.6 Å². The molecule has 5 rings (SSSR count). The quantitative estimate of drug-likeness (QED) is 0.215. The van der Waals surface area contributed by atoms with Crippen molar-refractivity contribution in [2.45, 2.75) is 88.3 Å². The van der Waals surface area contributed by atoms with Crippen molar-refractivity contribution < 1.29 is 33.8 Å². The van der Waals surface area contributed by atoms with Crippen LogP contribution in [0.25, 0.3) is 0 Å². The van der Waals surface area contributed by atoms with Crippen LogP contribution in [0.4, 0.5) is 0 Å². The molecule has 0 radical (unpaired) electrons. The highest BCUT2D eigenvalue weighted by Crippen LogP contribution is 2.59. The van der Waals surface area contributed by atoms with Crippen LogP contribution < -0.4 is 5.32 Å². The van der Waals surface area contributed by atoms with Gasteiger partial charge in [0.25, 0.3) is 0 Å². The minimum atomic E-state index is -1.28. The van der Waals surface area contributed by atoms with Crippen LogP contribution in [0.1, 0.15) is 63.7 Å². The van der Waals surface area contributed by atoms with Gasteiger partial charge in [0.2, 0.25) is 17.7 Å². The summed E-state index contributed by atoms with van der Waals surface area (Å²) in [4.78, 5) is 59.5.